The summed E-state index contributed by atoms with van der Waals surface area (Å²) in [6.07, 6.45) is 0. The molecule has 0 fully saturated rings. The van der Waals surface area contributed by atoms with Crippen LogP contribution in [-0.2, 0) is 0 Å². The van der Waals surface area contributed by atoms with E-state index in [0.717, 1.165) is 0 Å². The Hall–Kier alpha value is -2.28. The van der Waals surface area contributed by atoms with Gasteiger partial charge >= 0.3 is 175 Å². The molecule has 0 saturated heterocycles. The molecule has 0 radical (unpaired) electrons. The molecule has 16 heteroatoms. The molecule has 0 bridgehead atoms. The topological polar surface area (TPSA) is 69.7 Å². The minimum absolute atomic E-state index is 0.208. The zero-order chi connectivity index (χ0) is 23.7. The standard InChI is InChI=1S/C13HF10NOSe.CH3NOSe/c14-1-3(16)7(20)11(8(21)4(1)17)24(13(25)26)12-9(22)5(18)2(15)6(19)10(12)23;2-1(3)4/h(H,25,26);(H3,2,3,4). The van der Waals surface area contributed by atoms with Crippen molar-refractivity contribution in [1.29, 1.82) is 0 Å². The SMILES string of the molecule is NC(O)=[Se].OC(=[Se])N(c1c(F)c(F)c(F)c(F)c1F)c1c(F)c(F)c(F)c(F)c1F. The first-order valence-corrected chi connectivity index (χ1v) is 8.42. The van der Waals surface area contributed by atoms with Crippen molar-refractivity contribution in [1.82, 2.24) is 0 Å². The predicted molar refractivity (Wildman–Crippen MR) is 84.2 cm³/mol. The summed E-state index contributed by atoms with van der Waals surface area (Å²) in [6, 6.07) is 0. The molecule has 0 aromatic heterocycles. The summed E-state index contributed by atoms with van der Waals surface area (Å²) in [5.41, 5.74) is 0.168. The van der Waals surface area contributed by atoms with Crippen molar-refractivity contribution in [3.05, 3.63) is 58.2 Å². The van der Waals surface area contributed by atoms with Crippen LogP contribution in [0.4, 0.5) is 55.3 Å². The summed E-state index contributed by atoms with van der Waals surface area (Å²) in [4.78, 5) is -0.785. The van der Waals surface area contributed by atoms with E-state index < -0.39 is 79.2 Å². The Morgan fingerprint density at radius 1 is 0.533 bits per heavy atom. The average molecular weight is 580 g/mol. The first kappa shape index (κ1) is 25.8. The van der Waals surface area contributed by atoms with E-state index in [1.165, 1.54) is 15.6 Å². The molecule has 0 aliphatic carbocycles. The molecular formula is C14H4F10N2O2Se2. The maximum absolute atomic E-state index is 13.8. The molecule has 4 nitrogen and oxygen atoms in total. The number of hydrogen-bond donors (Lipinski definition) is 3. The van der Waals surface area contributed by atoms with Crippen molar-refractivity contribution in [3.8, 4) is 0 Å². The van der Waals surface area contributed by atoms with E-state index >= 15 is 0 Å². The Bertz CT molecular complexity index is 919. The fourth-order valence-electron chi connectivity index (χ4n) is 1.88. The van der Waals surface area contributed by atoms with Crippen LogP contribution in [0.3, 0.4) is 0 Å². The number of anilines is 2. The summed E-state index contributed by atoms with van der Waals surface area (Å²) in [6.45, 7) is 0. The van der Waals surface area contributed by atoms with Crippen molar-refractivity contribution in [2.24, 2.45) is 5.73 Å². The Kier molecular flexibility index (Phi) is 8.31. The van der Waals surface area contributed by atoms with Crippen LogP contribution in [0.1, 0.15) is 0 Å². The normalized spacial score (nSPS) is 10.3. The van der Waals surface area contributed by atoms with Crippen LogP contribution in [0.2, 0.25) is 0 Å². The summed E-state index contributed by atoms with van der Waals surface area (Å²) in [5.74, 6) is -26.5. The predicted octanol–water partition coefficient (Wildman–Crippen LogP) is 2.42. The van der Waals surface area contributed by atoms with Crippen LogP contribution in [0.25, 0.3) is 0 Å². The van der Waals surface area contributed by atoms with E-state index in [9.17, 15) is 49.0 Å². The molecular weight excluding hydrogens is 576 g/mol. The van der Waals surface area contributed by atoms with Crippen LogP contribution in [0, 0.1) is 58.2 Å². The molecule has 0 saturated carbocycles. The van der Waals surface area contributed by atoms with Gasteiger partial charge in [-0.1, -0.05) is 0 Å². The molecule has 2 aromatic carbocycles. The first-order valence-electron chi connectivity index (χ1n) is 6.70. The second-order valence-corrected chi connectivity index (χ2v) is 6.44. The quantitative estimate of drug-likeness (QED) is 0.226. The average Bonchev–Trinajstić information content (AvgIpc) is 2.66. The summed E-state index contributed by atoms with van der Waals surface area (Å²) < 4.78 is 133. The van der Waals surface area contributed by atoms with Gasteiger partial charge < -0.3 is 0 Å². The van der Waals surface area contributed by atoms with Crippen molar-refractivity contribution >= 4 is 52.0 Å². The third kappa shape index (κ3) is 4.72. The molecule has 30 heavy (non-hydrogen) atoms. The van der Waals surface area contributed by atoms with Gasteiger partial charge in [-0.25, -0.2) is 0 Å². The monoisotopic (exact) mass is 582 g/mol. The third-order valence-corrected chi connectivity index (χ3v) is 3.39. The van der Waals surface area contributed by atoms with E-state index in [1.54, 1.807) is 0 Å². The molecule has 0 unspecified atom stereocenters. The Labute approximate surface area is 175 Å². The van der Waals surface area contributed by atoms with Gasteiger partial charge in [0, 0.05) is 0 Å². The Morgan fingerprint density at radius 2 is 0.700 bits per heavy atom. The van der Waals surface area contributed by atoms with Crippen LogP contribution >= 0.6 is 0 Å². The van der Waals surface area contributed by atoms with Gasteiger partial charge in [0.25, 0.3) is 0 Å². The van der Waals surface area contributed by atoms with Gasteiger partial charge in [-0.05, 0) is 0 Å². The van der Waals surface area contributed by atoms with Crippen molar-refractivity contribution in [3.63, 3.8) is 0 Å². The molecule has 2 aromatic rings. The van der Waals surface area contributed by atoms with Crippen LogP contribution in [-0.4, -0.2) is 50.8 Å². The molecule has 0 aliphatic heterocycles. The van der Waals surface area contributed by atoms with Crippen LogP contribution in [0.15, 0.2) is 0 Å². The van der Waals surface area contributed by atoms with Gasteiger partial charge in [0.2, 0.25) is 0 Å². The van der Waals surface area contributed by atoms with Crippen molar-refractivity contribution < 1.29 is 54.1 Å². The third-order valence-electron chi connectivity index (χ3n) is 3.01. The first-order chi connectivity index (χ1) is 13.7. The zero-order valence-corrected chi connectivity index (χ0v) is 16.9. The van der Waals surface area contributed by atoms with Crippen molar-refractivity contribution in [2.45, 2.75) is 0 Å². The molecule has 0 atom stereocenters. The van der Waals surface area contributed by atoms with E-state index in [4.69, 9.17) is 5.11 Å². The van der Waals surface area contributed by atoms with Gasteiger partial charge in [-0.3, -0.25) is 0 Å². The number of nitrogens with two attached hydrogens (primary N) is 1. The Balaban J connectivity index is 0.00000103. The zero-order valence-electron chi connectivity index (χ0n) is 13.5. The van der Waals surface area contributed by atoms with Gasteiger partial charge in [0.15, 0.2) is 0 Å². The van der Waals surface area contributed by atoms with Gasteiger partial charge in [0.05, 0.1) is 0 Å². The van der Waals surface area contributed by atoms with E-state index in [0.29, 0.717) is 0 Å². The number of aliphatic hydroxyl groups is 2. The number of benzene rings is 2. The van der Waals surface area contributed by atoms with Crippen LogP contribution in [0.5, 0.6) is 0 Å². The van der Waals surface area contributed by atoms with Gasteiger partial charge in [-0.15, -0.1) is 0 Å². The van der Waals surface area contributed by atoms with Gasteiger partial charge in [0.1, 0.15) is 0 Å². The molecule has 0 spiro atoms. The second kappa shape index (κ2) is 9.68. The van der Waals surface area contributed by atoms with Crippen molar-refractivity contribution in [2.75, 3.05) is 4.90 Å². The number of nitrogens with zero attached hydrogens (tertiary/aromatic N) is 1. The summed E-state index contributed by atoms with van der Waals surface area (Å²) in [5, 5.41) is 17.1. The van der Waals surface area contributed by atoms with Crippen LogP contribution < -0.4 is 10.6 Å². The van der Waals surface area contributed by atoms with E-state index in [-0.39, 0.29) is 4.73 Å². The molecule has 2 rings (SSSR count). The Morgan fingerprint density at radius 3 is 0.867 bits per heavy atom. The minimum atomic E-state index is -2.67. The number of rotatable bonds is 3. The molecule has 0 heterocycles. The second-order valence-electron chi connectivity index (χ2n) is 4.79. The fourth-order valence-corrected chi connectivity index (χ4v) is 2.27. The van der Waals surface area contributed by atoms with E-state index in [2.05, 4.69) is 21.3 Å². The molecule has 0 aliphatic rings. The van der Waals surface area contributed by atoms with Gasteiger partial charge in [-0.2, -0.15) is 0 Å². The molecule has 164 valence electrons. The number of aliphatic hydroxyl groups excluding tert-OH is 2. The fraction of sp³-hybridized carbons (Fsp3) is 0. The summed E-state index contributed by atoms with van der Waals surface area (Å²) >= 11 is 3.66. The van der Waals surface area contributed by atoms with E-state index in [1.807, 2.05) is 0 Å². The maximum atomic E-state index is 13.8. The molecule has 0 amide bonds. The number of hydrogen-bond acceptors (Lipinski definition) is 4. The number of halogens is 10. The summed E-state index contributed by atoms with van der Waals surface area (Å²) in [7, 11) is 0. The molecule has 4 N–H and O–H groups in total.